The summed E-state index contributed by atoms with van der Waals surface area (Å²) in [6, 6.07) is 9.53. The Balaban J connectivity index is 2.37. The number of sulfonamides is 1. The van der Waals surface area contributed by atoms with Gasteiger partial charge in [0.25, 0.3) is 5.91 Å². The van der Waals surface area contributed by atoms with Gasteiger partial charge in [-0.1, -0.05) is 13.0 Å². The molecule has 2 aromatic rings. The summed E-state index contributed by atoms with van der Waals surface area (Å²) in [5, 5.41) is 2.53. The molecule has 0 aromatic heterocycles. The average Bonchev–Trinajstić information content (AvgIpc) is 2.55. The van der Waals surface area contributed by atoms with Crippen LogP contribution in [-0.2, 0) is 10.0 Å². The number of amides is 1. The van der Waals surface area contributed by atoms with E-state index in [1.165, 1.54) is 42.5 Å². The second kappa shape index (κ2) is 8.09. The monoisotopic (exact) mass is 366 g/mol. The van der Waals surface area contributed by atoms with Crippen molar-refractivity contribution in [1.82, 2.24) is 4.72 Å². The number of hydrogen-bond donors (Lipinski definition) is 2. The smallest absolute Gasteiger partial charge is 0.255 e. The fraction of sp³-hybridized carbons (Fsp3) is 0.235. The minimum atomic E-state index is -3.81. The number of carbonyl (C=O) groups is 1. The van der Waals surface area contributed by atoms with Crippen LogP contribution in [0.1, 0.15) is 24.2 Å². The van der Waals surface area contributed by atoms with Crippen molar-refractivity contribution in [2.45, 2.75) is 18.7 Å². The van der Waals surface area contributed by atoms with Gasteiger partial charge in [-0.05, 0) is 43.3 Å². The summed E-state index contributed by atoms with van der Waals surface area (Å²) in [7, 11) is -3.81. The van der Waals surface area contributed by atoms with Crippen molar-refractivity contribution in [3.05, 3.63) is 53.8 Å². The van der Waals surface area contributed by atoms with E-state index in [0.717, 1.165) is 0 Å². The Kier molecular flexibility index (Phi) is 6.11. The molecule has 0 unspecified atom stereocenters. The van der Waals surface area contributed by atoms with Gasteiger partial charge in [-0.3, -0.25) is 4.79 Å². The van der Waals surface area contributed by atoms with Crippen LogP contribution >= 0.6 is 0 Å². The first-order chi connectivity index (χ1) is 11.9. The van der Waals surface area contributed by atoms with Crippen LogP contribution in [-0.4, -0.2) is 27.5 Å². The van der Waals surface area contributed by atoms with Crippen molar-refractivity contribution < 1.29 is 22.3 Å². The van der Waals surface area contributed by atoms with Crippen molar-refractivity contribution in [2.24, 2.45) is 0 Å². The molecule has 2 aromatic carbocycles. The number of benzene rings is 2. The van der Waals surface area contributed by atoms with Gasteiger partial charge in [0.1, 0.15) is 16.5 Å². The van der Waals surface area contributed by atoms with Crippen molar-refractivity contribution in [1.29, 1.82) is 0 Å². The topological polar surface area (TPSA) is 84.5 Å². The normalized spacial score (nSPS) is 11.2. The van der Waals surface area contributed by atoms with Gasteiger partial charge in [0.15, 0.2) is 0 Å². The van der Waals surface area contributed by atoms with E-state index in [2.05, 4.69) is 10.0 Å². The van der Waals surface area contributed by atoms with Crippen LogP contribution in [0.15, 0.2) is 47.4 Å². The molecule has 8 heteroatoms. The fourth-order valence-electron chi connectivity index (χ4n) is 2.17. The van der Waals surface area contributed by atoms with Gasteiger partial charge in [0.05, 0.1) is 6.61 Å². The zero-order valence-electron chi connectivity index (χ0n) is 13.9. The summed E-state index contributed by atoms with van der Waals surface area (Å²) < 4.78 is 45.6. The van der Waals surface area contributed by atoms with Gasteiger partial charge < -0.3 is 10.1 Å². The highest BCUT2D eigenvalue weighted by Gasteiger charge is 2.21. The molecule has 134 valence electrons. The SMILES string of the molecule is CCNS(=O)(=O)c1cc(C(=O)Nc2cccc(F)c2)ccc1OCC. The van der Waals surface area contributed by atoms with Gasteiger partial charge in [-0.15, -0.1) is 0 Å². The molecule has 0 saturated heterocycles. The van der Waals surface area contributed by atoms with Crippen LogP contribution in [0.5, 0.6) is 5.75 Å². The molecule has 2 N–H and O–H groups in total. The molecule has 0 aliphatic carbocycles. The largest absolute Gasteiger partial charge is 0.492 e. The van der Waals surface area contributed by atoms with E-state index < -0.39 is 21.7 Å². The summed E-state index contributed by atoms with van der Waals surface area (Å²) in [6.45, 7) is 3.86. The number of halogens is 1. The minimum absolute atomic E-state index is 0.115. The molecule has 0 saturated carbocycles. The molecule has 0 aliphatic heterocycles. The maximum atomic E-state index is 13.2. The molecule has 2 rings (SSSR count). The maximum Gasteiger partial charge on any atom is 0.255 e. The molecular formula is C17H19FN2O4S. The van der Waals surface area contributed by atoms with Crippen LogP contribution in [0.4, 0.5) is 10.1 Å². The molecule has 0 fully saturated rings. The first-order valence-corrected chi connectivity index (χ1v) is 9.19. The Hall–Kier alpha value is -2.45. The number of rotatable bonds is 7. The zero-order valence-corrected chi connectivity index (χ0v) is 14.7. The Morgan fingerprint density at radius 3 is 2.56 bits per heavy atom. The molecule has 0 heterocycles. The van der Waals surface area contributed by atoms with E-state index in [1.807, 2.05) is 0 Å². The Labute approximate surface area is 146 Å². The molecule has 0 radical (unpaired) electrons. The maximum absolute atomic E-state index is 13.2. The third kappa shape index (κ3) is 4.77. The van der Waals surface area contributed by atoms with Crippen molar-refractivity contribution in [3.8, 4) is 5.75 Å². The van der Waals surface area contributed by atoms with E-state index in [-0.39, 0.29) is 35.0 Å². The van der Waals surface area contributed by atoms with E-state index in [0.29, 0.717) is 0 Å². The van der Waals surface area contributed by atoms with Crippen LogP contribution in [0, 0.1) is 5.82 Å². The van der Waals surface area contributed by atoms with Gasteiger partial charge in [-0.2, -0.15) is 0 Å². The standard InChI is InChI=1S/C17H19FN2O4S/c1-3-19-25(22,23)16-10-12(8-9-15(16)24-4-2)17(21)20-14-7-5-6-13(18)11-14/h5-11,19H,3-4H2,1-2H3,(H,20,21). The third-order valence-electron chi connectivity index (χ3n) is 3.21. The lowest BCUT2D eigenvalue weighted by Gasteiger charge is -2.13. The Morgan fingerprint density at radius 1 is 1.16 bits per heavy atom. The first-order valence-electron chi connectivity index (χ1n) is 7.70. The molecule has 6 nitrogen and oxygen atoms in total. The van der Waals surface area contributed by atoms with Crippen LogP contribution < -0.4 is 14.8 Å². The summed E-state index contributed by atoms with van der Waals surface area (Å²) in [5.41, 5.74) is 0.388. The Bertz CT molecular complexity index is 869. The predicted molar refractivity (Wildman–Crippen MR) is 92.8 cm³/mol. The summed E-state index contributed by atoms with van der Waals surface area (Å²) in [6.07, 6.45) is 0. The van der Waals surface area contributed by atoms with Gasteiger partial charge in [0, 0.05) is 17.8 Å². The Morgan fingerprint density at radius 2 is 1.92 bits per heavy atom. The quantitative estimate of drug-likeness (QED) is 0.789. The molecule has 0 bridgehead atoms. The van der Waals surface area contributed by atoms with Crippen LogP contribution in [0.3, 0.4) is 0 Å². The molecule has 0 aliphatic rings. The highest BCUT2D eigenvalue weighted by atomic mass is 32.2. The third-order valence-corrected chi connectivity index (χ3v) is 4.78. The summed E-state index contributed by atoms with van der Waals surface area (Å²) >= 11 is 0. The zero-order chi connectivity index (χ0) is 18.4. The minimum Gasteiger partial charge on any atom is -0.492 e. The van der Waals surface area contributed by atoms with E-state index in [4.69, 9.17) is 4.74 Å². The number of anilines is 1. The lowest BCUT2D eigenvalue weighted by molar-refractivity contribution is 0.102. The van der Waals surface area contributed by atoms with E-state index >= 15 is 0 Å². The van der Waals surface area contributed by atoms with Gasteiger partial charge in [0.2, 0.25) is 10.0 Å². The summed E-state index contributed by atoms with van der Waals surface area (Å²) in [4.78, 5) is 12.2. The highest BCUT2D eigenvalue weighted by molar-refractivity contribution is 7.89. The molecule has 0 spiro atoms. The van der Waals surface area contributed by atoms with Crippen molar-refractivity contribution in [2.75, 3.05) is 18.5 Å². The lowest BCUT2D eigenvalue weighted by Crippen LogP contribution is -2.24. The van der Waals surface area contributed by atoms with Crippen LogP contribution in [0.25, 0.3) is 0 Å². The lowest BCUT2D eigenvalue weighted by atomic mass is 10.2. The molecular weight excluding hydrogens is 347 g/mol. The molecule has 0 atom stereocenters. The van der Waals surface area contributed by atoms with Gasteiger partial charge in [-0.25, -0.2) is 17.5 Å². The number of nitrogens with one attached hydrogen (secondary N) is 2. The van der Waals surface area contributed by atoms with E-state index in [1.54, 1.807) is 13.8 Å². The van der Waals surface area contributed by atoms with Crippen molar-refractivity contribution in [3.63, 3.8) is 0 Å². The summed E-state index contributed by atoms with van der Waals surface area (Å²) in [5.74, 6) is -0.882. The number of ether oxygens (including phenoxy) is 1. The van der Waals surface area contributed by atoms with Gasteiger partial charge >= 0.3 is 0 Å². The number of hydrogen-bond acceptors (Lipinski definition) is 4. The fourth-order valence-corrected chi connectivity index (χ4v) is 3.38. The van der Waals surface area contributed by atoms with E-state index in [9.17, 15) is 17.6 Å². The molecule has 25 heavy (non-hydrogen) atoms. The molecule has 1 amide bonds. The predicted octanol–water partition coefficient (Wildman–Crippen LogP) is 2.77. The van der Waals surface area contributed by atoms with Crippen molar-refractivity contribution >= 4 is 21.6 Å². The first kappa shape index (κ1) is 18.9. The highest BCUT2D eigenvalue weighted by Crippen LogP contribution is 2.25. The second-order valence-electron chi connectivity index (χ2n) is 5.06. The average molecular weight is 366 g/mol. The second-order valence-corrected chi connectivity index (χ2v) is 6.80. The van der Waals surface area contributed by atoms with Crippen LogP contribution in [0.2, 0.25) is 0 Å². The number of carbonyl (C=O) groups excluding carboxylic acids is 1.